The smallest absolute Gasteiger partial charge is 0.336 e. The number of hydrogen-bond donors (Lipinski definition) is 1. The molecule has 0 aliphatic rings. The van der Waals surface area contributed by atoms with Gasteiger partial charge >= 0.3 is 5.63 Å². The van der Waals surface area contributed by atoms with E-state index in [1.165, 1.54) is 6.07 Å². The molecule has 0 aliphatic carbocycles. The molecule has 0 bridgehead atoms. The molecule has 1 amide bonds. The van der Waals surface area contributed by atoms with Crippen molar-refractivity contribution in [2.45, 2.75) is 27.7 Å². The van der Waals surface area contributed by atoms with Crippen LogP contribution in [-0.4, -0.2) is 5.91 Å². The normalized spacial score (nSPS) is 10.4. The highest BCUT2D eigenvalue weighted by Crippen LogP contribution is 2.20. The Morgan fingerprint density at radius 1 is 1.10 bits per heavy atom. The van der Waals surface area contributed by atoms with Crippen molar-refractivity contribution in [1.29, 1.82) is 0 Å². The number of carbonyl (C=O) groups is 1. The van der Waals surface area contributed by atoms with Crippen molar-refractivity contribution in [2.24, 2.45) is 0 Å². The van der Waals surface area contributed by atoms with E-state index in [1.54, 1.807) is 13.8 Å². The standard InChI is InChI=1S/C16H17NO3/c1-9-6-5-7-13(11(9)3)17-16(19)15-10(2)8-14(18)20-12(15)4/h5-8H,1-4H3,(H,17,19). The lowest BCUT2D eigenvalue weighted by Gasteiger charge is -2.12. The summed E-state index contributed by atoms with van der Waals surface area (Å²) in [6, 6.07) is 7.06. The van der Waals surface area contributed by atoms with Gasteiger partial charge in [-0.25, -0.2) is 4.79 Å². The highest BCUT2D eigenvalue weighted by molar-refractivity contribution is 6.06. The molecule has 1 N–H and O–H groups in total. The van der Waals surface area contributed by atoms with E-state index in [9.17, 15) is 9.59 Å². The fourth-order valence-electron chi connectivity index (χ4n) is 2.17. The fourth-order valence-corrected chi connectivity index (χ4v) is 2.17. The summed E-state index contributed by atoms with van der Waals surface area (Å²) in [6.07, 6.45) is 0. The van der Waals surface area contributed by atoms with Gasteiger partial charge < -0.3 is 9.73 Å². The third-order valence-electron chi connectivity index (χ3n) is 3.41. The third-order valence-corrected chi connectivity index (χ3v) is 3.41. The van der Waals surface area contributed by atoms with Gasteiger partial charge in [0.2, 0.25) is 0 Å². The highest BCUT2D eigenvalue weighted by atomic mass is 16.4. The van der Waals surface area contributed by atoms with Gasteiger partial charge in [0.1, 0.15) is 5.76 Å². The average molecular weight is 271 g/mol. The molecule has 104 valence electrons. The van der Waals surface area contributed by atoms with Crippen molar-refractivity contribution in [3.63, 3.8) is 0 Å². The van der Waals surface area contributed by atoms with Crippen LogP contribution in [0.3, 0.4) is 0 Å². The van der Waals surface area contributed by atoms with Crippen LogP contribution in [0.25, 0.3) is 0 Å². The maximum Gasteiger partial charge on any atom is 0.336 e. The highest BCUT2D eigenvalue weighted by Gasteiger charge is 2.16. The van der Waals surface area contributed by atoms with Crippen molar-refractivity contribution in [3.05, 3.63) is 62.7 Å². The third kappa shape index (κ3) is 2.64. The van der Waals surface area contributed by atoms with Crippen LogP contribution in [0.2, 0.25) is 0 Å². The summed E-state index contributed by atoms with van der Waals surface area (Å²) in [4.78, 5) is 23.6. The molecule has 2 aromatic rings. The van der Waals surface area contributed by atoms with Gasteiger partial charge in [0.15, 0.2) is 0 Å². The van der Waals surface area contributed by atoms with Gasteiger partial charge in [0, 0.05) is 11.8 Å². The van der Waals surface area contributed by atoms with E-state index < -0.39 is 5.63 Å². The zero-order valence-electron chi connectivity index (χ0n) is 12.0. The first-order valence-corrected chi connectivity index (χ1v) is 6.39. The number of anilines is 1. The topological polar surface area (TPSA) is 59.3 Å². The molecule has 20 heavy (non-hydrogen) atoms. The minimum Gasteiger partial charge on any atom is -0.427 e. The van der Waals surface area contributed by atoms with E-state index >= 15 is 0 Å². The Kier molecular flexibility index (Phi) is 3.74. The summed E-state index contributed by atoms with van der Waals surface area (Å²) in [5, 5.41) is 2.87. The van der Waals surface area contributed by atoms with E-state index in [0.717, 1.165) is 16.8 Å². The van der Waals surface area contributed by atoms with Gasteiger partial charge in [0.05, 0.1) is 5.56 Å². The lowest BCUT2D eigenvalue weighted by Crippen LogP contribution is -2.18. The summed E-state index contributed by atoms with van der Waals surface area (Å²) >= 11 is 0. The molecule has 0 spiro atoms. The van der Waals surface area contributed by atoms with Gasteiger partial charge in [-0.1, -0.05) is 12.1 Å². The Morgan fingerprint density at radius 3 is 2.45 bits per heavy atom. The lowest BCUT2D eigenvalue weighted by molar-refractivity contribution is 0.102. The van der Waals surface area contributed by atoms with Crippen molar-refractivity contribution < 1.29 is 9.21 Å². The SMILES string of the molecule is Cc1cccc(NC(=O)c2c(C)cc(=O)oc2C)c1C. The molecule has 0 saturated heterocycles. The largest absolute Gasteiger partial charge is 0.427 e. The number of benzene rings is 1. The fraction of sp³-hybridized carbons (Fsp3) is 0.250. The van der Waals surface area contributed by atoms with Crippen LogP contribution in [0.5, 0.6) is 0 Å². The van der Waals surface area contributed by atoms with Crippen LogP contribution in [0.4, 0.5) is 5.69 Å². The Labute approximate surface area is 117 Å². The molecule has 0 unspecified atom stereocenters. The molecule has 1 aromatic carbocycles. The summed E-state index contributed by atoms with van der Waals surface area (Å²) in [6.45, 7) is 7.28. The first-order valence-electron chi connectivity index (χ1n) is 6.39. The maximum atomic E-state index is 12.4. The van der Waals surface area contributed by atoms with E-state index in [1.807, 2.05) is 32.0 Å². The number of rotatable bonds is 2. The molecule has 0 atom stereocenters. The van der Waals surface area contributed by atoms with Gasteiger partial charge in [-0.3, -0.25) is 4.79 Å². The molecule has 0 aliphatic heterocycles. The molecule has 2 rings (SSSR count). The minimum absolute atomic E-state index is 0.266. The van der Waals surface area contributed by atoms with Crippen molar-refractivity contribution in [3.8, 4) is 0 Å². The zero-order chi connectivity index (χ0) is 14.9. The number of carbonyl (C=O) groups excluding carboxylic acids is 1. The van der Waals surface area contributed by atoms with Crippen molar-refractivity contribution >= 4 is 11.6 Å². The minimum atomic E-state index is -0.441. The second-order valence-corrected chi connectivity index (χ2v) is 4.88. The molecule has 0 radical (unpaired) electrons. The average Bonchev–Trinajstić information content (AvgIpc) is 2.33. The van der Waals surface area contributed by atoms with Crippen LogP contribution in [-0.2, 0) is 0 Å². The predicted molar refractivity (Wildman–Crippen MR) is 78.3 cm³/mol. The number of amides is 1. The first kappa shape index (κ1) is 14.1. The van der Waals surface area contributed by atoms with E-state index in [2.05, 4.69) is 5.32 Å². The molecule has 1 aromatic heterocycles. The van der Waals surface area contributed by atoms with Crippen LogP contribution >= 0.6 is 0 Å². The second kappa shape index (κ2) is 5.33. The Balaban J connectivity index is 2.39. The molecule has 1 heterocycles. The number of hydrogen-bond acceptors (Lipinski definition) is 3. The monoisotopic (exact) mass is 271 g/mol. The molecular weight excluding hydrogens is 254 g/mol. The molecular formula is C16H17NO3. The summed E-state index contributed by atoms with van der Waals surface area (Å²) in [7, 11) is 0. The van der Waals surface area contributed by atoms with Gasteiger partial charge in [-0.15, -0.1) is 0 Å². The lowest BCUT2D eigenvalue weighted by atomic mass is 10.1. The van der Waals surface area contributed by atoms with Gasteiger partial charge in [-0.2, -0.15) is 0 Å². The Bertz CT molecular complexity index is 703. The Morgan fingerprint density at radius 2 is 1.80 bits per heavy atom. The number of nitrogens with one attached hydrogen (secondary N) is 1. The molecule has 4 nitrogen and oxygen atoms in total. The van der Waals surface area contributed by atoms with Crippen molar-refractivity contribution in [1.82, 2.24) is 0 Å². The van der Waals surface area contributed by atoms with Crippen LogP contribution in [0, 0.1) is 27.7 Å². The van der Waals surface area contributed by atoms with E-state index in [0.29, 0.717) is 16.9 Å². The van der Waals surface area contributed by atoms with Gasteiger partial charge in [0.25, 0.3) is 5.91 Å². The van der Waals surface area contributed by atoms with E-state index in [-0.39, 0.29) is 5.91 Å². The Hall–Kier alpha value is -2.36. The van der Waals surface area contributed by atoms with Crippen LogP contribution in [0.15, 0.2) is 33.5 Å². The predicted octanol–water partition coefficient (Wildman–Crippen LogP) is 3.13. The van der Waals surface area contributed by atoms with Crippen LogP contribution < -0.4 is 10.9 Å². The second-order valence-electron chi connectivity index (χ2n) is 4.88. The quantitative estimate of drug-likeness (QED) is 0.912. The van der Waals surface area contributed by atoms with Crippen LogP contribution in [0.1, 0.15) is 32.8 Å². The zero-order valence-corrected chi connectivity index (χ0v) is 12.0. The molecule has 4 heteroatoms. The van der Waals surface area contributed by atoms with E-state index in [4.69, 9.17) is 4.42 Å². The molecule has 0 saturated carbocycles. The summed E-state index contributed by atoms with van der Waals surface area (Å²) in [5.41, 5.74) is 3.47. The maximum absolute atomic E-state index is 12.4. The first-order chi connectivity index (χ1) is 9.40. The molecule has 0 fully saturated rings. The van der Waals surface area contributed by atoms with Crippen molar-refractivity contribution in [2.75, 3.05) is 5.32 Å². The summed E-state index contributed by atoms with van der Waals surface area (Å²) in [5.74, 6) is 0.0651. The van der Waals surface area contributed by atoms with Gasteiger partial charge in [-0.05, 0) is 50.5 Å². The summed E-state index contributed by atoms with van der Waals surface area (Å²) < 4.78 is 4.99. The number of aryl methyl sites for hydroxylation is 3.